The second-order valence-corrected chi connectivity index (χ2v) is 6.06. The fraction of sp³-hybridized carbons (Fsp3) is 0.167. The number of anilines is 1. The van der Waals surface area contributed by atoms with Crippen LogP contribution in [0, 0.1) is 5.82 Å². The van der Waals surface area contributed by atoms with E-state index in [1.807, 2.05) is 42.8 Å². The van der Waals surface area contributed by atoms with Crippen molar-refractivity contribution in [1.29, 1.82) is 0 Å². The van der Waals surface area contributed by atoms with E-state index in [0.717, 1.165) is 34.0 Å². The van der Waals surface area contributed by atoms with Crippen LogP contribution in [0.3, 0.4) is 0 Å². The number of nitrogens with zero attached hydrogens (tertiary/aromatic N) is 6. The van der Waals surface area contributed by atoms with Gasteiger partial charge < -0.3 is 4.90 Å². The highest BCUT2D eigenvalue weighted by Crippen LogP contribution is 2.34. The first-order chi connectivity index (χ1) is 12.0. The Morgan fingerprint density at radius 1 is 1.08 bits per heavy atom. The van der Waals surface area contributed by atoms with E-state index in [1.54, 1.807) is 29.2 Å². The highest BCUT2D eigenvalue weighted by atomic mass is 19.1. The molecular formula is C18H17FN6. The molecule has 0 bridgehead atoms. The quantitative estimate of drug-likeness (QED) is 0.577. The Bertz CT molecular complexity index is 1050. The Kier molecular flexibility index (Phi) is 3.49. The second kappa shape index (κ2) is 5.70. The molecule has 25 heavy (non-hydrogen) atoms. The van der Waals surface area contributed by atoms with E-state index >= 15 is 0 Å². The molecule has 126 valence electrons. The maximum atomic E-state index is 13.3. The third kappa shape index (κ3) is 2.53. The van der Waals surface area contributed by atoms with Crippen molar-refractivity contribution < 1.29 is 4.39 Å². The van der Waals surface area contributed by atoms with Crippen LogP contribution < -0.4 is 4.90 Å². The molecule has 0 radical (unpaired) electrons. The lowest BCUT2D eigenvalue weighted by Crippen LogP contribution is -2.12. The van der Waals surface area contributed by atoms with Crippen molar-refractivity contribution in [1.82, 2.24) is 24.1 Å². The Morgan fingerprint density at radius 3 is 2.48 bits per heavy atom. The molecule has 1 aromatic carbocycles. The average Bonchev–Trinajstić information content (AvgIpc) is 3.18. The standard InChI is InChI=1S/C18H17FN6/c1-23(2)17-18-22-15(12-4-6-14(19)7-5-12)16(25(18)9-8-20-17)13-10-21-24(3)11-13/h4-11H,1-3H3. The molecule has 0 N–H and O–H groups in total. The lowest BCUT2D eigenvalue weighted by Gasteiger charge is -2.11. The Balaban J connectivity index is 2.06. The third-order valence-electron chi connectivity index (χ3n) is 4.04. The summed E-state index contributed by atoms with van der Waals surface area (Å²) in [6.45, 7) is 0. The summed E-state index contributed by atoms with van der Waals surface area (Å²) in [6.07, 6.45) is 7.36. The minimum absolute atomic E-state index is 0.272. The lowest BCUT2D eigenvalue weighted by atomic mass is 10.1. The van der Waals surface area contributed by atoms with Gasteiger partial charge in [-0.15, -0.1) is 0 Å². The van der Waals surface area contributed by atoms with Crippen LogP contribution in [0.25, 0.3) is 28.2 Å². The van der Waals surface area contributed by atoms with Crippen molar-refractivity contribution in [3.05, 3.63) is 54.9 Å². The van der Waals surface area contributed by atoms with E-state index in [4.69, 9.17) is 4.98 Å². The van der Waals surface area contributed by atoms with E-state index in [0.29, 0.717) is 0 Å². The molecule has 0 amide bonds. The predicted molar refractivity (Wildman–Crippen MR) is 94.9 cm³/mol. The maximum Gasteiger partial charge on any atom is 0.181 e. The van der Waals surface area contributed by atoms with Crippen LogP contribution in [0.1, 0.15) is 0 Å². The van der Waals surface area contributed by atoms with Gasteiger partial charge in [0.05, 0.1) is 17.6 Å². The number of fused-ring (bicyclic) bond motifs is 1. The van der Waals surface area contributed by atoms with Crippen molar-refractivity contribution in [3.63, 3.8) is 0 Å². The van der Waals surface area contributed by atoms with Crippen LogP contribution in [0.5, 0.6) is 0 Å². The number of aromatic nitrogens is 5. The van der Waals surface area contributed by atoms with Gasteiger partial charge in [0.1, 0.15) is 5.82 Å². The van der Waals surface area contributed by atoms with Gasteiger partial charge >= 0.3 is 0 Å². The largest absolute Gasteiger partial charge is 0.360 e. The van der Waals surface area contributed by atoms with Crippen molar-refractivity contribution in [3.8, 4) is 22.5 Å². The molecule has 0 fully saturated rings. The summed E-state index contributed by atoms with van der Waals surface area (Å²) < 4.78 is 17.1. The molecule has 0 aliphatic rings. The van der Waals surface area contributed by atoms with Crippen molar-refractivity contribution >= 4 is 11.5 Å². The van der Waals surface area contributed by atoms with Gasteiger partial charge in [-0.3, -0.25) is 9.08 Å². The number of aryl methyl sites for hydroxylation is 1. The van der Waals surface area contributed by atoms with Crippen LogP contribution in [0.2, 0.25) is 0 Å². The first-order valence-corrected chi connectivity index (χ1v) is 7.84. The summed E-state index contributed by atoms with van der Waals surface area (Å²) in [7, 11) is 5.73. The Hall–Kier alpha value is -3.22. The van der Waals surface area contributed by atoms with Crippen LogP contribution >= 0.6 is 0 Å². The summed E-state index contributed by atoms with van der Waals surface area (Å²) >= 11 is 0. The Labute approximate surface area is 144 Å². The summed E-state index contributed by atoms with van der Waals surface area (Å²) in [4.78, 5) is 11.2. The van der Waals surface area contributed by atoms with Gasteiger partial charge in [0.25, 0.3) is 0 Å². The van der Waals surface area contributed by atoms with Gasteiger partial charge in [0.2, 0.25) is 0 Å². The number of imidazole rings is 1. The smallest absolute Gasteiger partial charge is 0.181 e. The number of benzene rings is 1. The van der Waals surface area contributed by atoms with Crippen LogP contribution in [-0.2, 0) is 7.05 Å². The highest BCUT2D eigenvalue weighted by Gasteiger charge is 2.20. The SMILES string of the molecule is CN(C)c1nccn2c(-c3cnn(C)c3)c(-c3ccc(F)cc3)nc12. The topological polar surface area (TPSA) is 51.3 Å². The Morgan fingerprint density at radius 2 is 1.84 bits per heavy atom. The van der Waals surface area contributed by atoms with E-state index < -0.39 is 0 Å². The minimum Gasteiger partial charge on any atom is -0.360 e. The predicted octanol–water partition coefficient (Wildman–Crippen LogP) is 3.00. The molecule has 0 aliphatic heterocycles. The molecule has 4 rings (SSSR count). The highest BCUT2D eigenvalue weighted by molar-refractivity contribution is 5.84. The monoisotopic (exact) mass is 336 g/mol. The second-order valence-electron chi connectivity index (χ2n) is 6.06. The average molecular weight is 336 g/mol. The van der Waals surface area contributed by atoms with Crippen LogP contribution in [0.15, 0.2) is 49.1 Å². The lowest BCUT2D eigenvalue weighted by molar-refractivity contribution is 0.628. The van der Waals surface area contributed by atoms with Gasteiger partial charge in [0, 0.05) is 50.9 Å². The molecule has 0 unspecified atom stereocenters. The molecule has 0 spiro atoms. The van der Waals surface area contributed by atoms with Crippen LogP contribution in [0.4, 0.5) is 10.2 Å². The minimum atomic E-state index is -0.272. The van der Waals surface area contributed by atoms with Gasteiger partial charge in [-0.2, -0.15) is 5.10 Å². The molecule has 3 heterocycles. The molecule has 3 aromatic heterocycles. The molecule has 4 aromatic rings. The number of rotatable bonds is 3. The summed E-state index contributed by atoms with van der Waals surface area (Å²) in [6, 6.07) is 6.36. The summed E-state index contributed by atoms with van der Waals surface area (Å²) in [5, 5.41) is 4.28. The first-order valence-electron chi connectivity index (χ1n) is 7.84. The number of hydrogen-bond acceptors (Lipinski definition) is 4. The van der Waals surface area contributed by atoms with Gasteiger partial charge in [0.15, 0.2) is 11.5 Å². The molecule has 0 atom stereocenters. The molecule has 6 nitrogen and oxygen atoms in total. The van der Waals surface area contributed by atoms with E-state index in [1.165, 1.54) is 12.1 Å². The zero-order valence-corrected chi connectivity index (χ0v) is 14.2. The van der Waals surface area contributed by atoms with E-state index in [2.05, 4.69) is 10.1 Å². The summed E-state index contributed by atoms with van der Waals surface area (Å²) in [5.74, 6) is 0.493. The van der Waals surface area contributed by atoms with Crippen molar-refractivity contribution in [2.24, 2.45) is 7.05 Å². The van der Waals surface area contributed by atoms with Gasteiger partial charge in [-0.05, 0) is 24.3 Å². The number of halogens is 1. The molecule has 0 saturated carbocycles. The van der Waals surface area contributed by atoms with Crippen molar-refractivity contribution in [2.75, 3.05) is 19.0 Å². The molecule has 0 aliphatic carbocycles. The molecule has 7 heteroatoms. The zero-order chi connectivity index (χ0) is 17.6. The zero-order valence-electron chi connectivity index (χ0n) is 14.2. The van der Waals surface area contributed by atoms with E-state index in [9.17, 15) is 4.39 Å². The first kappa shape index (κ1) is 15.3. The van der Waals surface area contributed by atoms with Gasteiger partial charge in [-0.25, -0.2) is 14.4 Å². The fourth-order valence-electron chi connectivity index (χ4n) is 2.91. The maximum absolute atomic E-state index is 13.3. The summed E-state index contributed by atoms with van der Waals surface area (Å²) in [5.41, 5.74) is 4.19. The third-order valence-corrected chi connectivity index (χ3v) is 4.04. The molecular weight excluding hydrogens is 319 g/mol. The van der Waals surface area contributed by atoms with Crippen molar-refractivity contribution in [2.45, 2.75) is 0 Å². The van der Waals surface area contributed by atoms with Gasteiger partial charge in [-0.1, -0.05) is 0 Å². The van der Waals surface area contributed by atoms with Crippen LogP contribution in [-0.4, -0.2) is 38.2 Å². The molecule has 0 saturated heterocycles. The normalized spacial score (nSPS) is 11.2. The van der Waals surface area contributed by atoms with E-state index in [-0.39, 0.29) is 5.82 Å². The number of hydrogen-bond donors (Lipinski definition) is 0. The fourth-order valence-corrected chi connectivity index (χ4v) is 2.91.